The van der Waals surface area contributed by atoms with Gasteiger partial charge in [-0.05, 0) is 145 Å². The van der Waals surface area contributed by atoms with Gasteiger partial charge in [0.15, 0.2) is 0 Å². The first-order chi connectivity index (χ1) is 30.6. The second-order valence-corrected chi connectivity index (χ2v) is 17.7. The van der Waals surface area contributed by atoms with Crippen LogP contribution in [0.15, 0.2) is 181 Å². The highest BCUT2D eigenvalue weighted by Gasteiger charge is 2.39. The van der Waals surface area contributed by atoms with Gasteiger partial charge in [0.1, 0.15) is 6.29 Å². The molecule has 4 aliphatic carbocycles. The summed E-state index contributed by atoms with van der Waals surface area (Å²) in [5.41, 5.74) is 17.8. The fourth-order valence-corrected chi connectivity index (χ4v) is 10.8. The molecule has 0 radical (unpaired) electrons. The zero-order chi connectivity index (χ0) is 41.2. The van der Waals surface area contributed by atoms with Crippen molar-refractivity contribution in [2.24, 2.45) is 0 Å². The van der Waals surface area contributed by atoms with Gasteiger partial charge in [-0.2, -0.15) is 0 Å². The molecule has 3 atom stereocenters. The third-order valence-corrected chi connectivity index (χ3v) is 13.9. The zero-order valence-corrected chi connectivity index (χ0v) is 35.2. The number of rotatable bonds is 7. The van der Waals surface area contributed by atoms with Gasteiger partial charge in [-0.3, -0.25) is 16.0 Å². The number of hydrogen-bond donors (Lipinski definition) is 3. The highest BCUT2D eigenvalue weighted by Crippen LogP contribution is 2.43. The molecule has 62 heavy (non-hydrogen) atoms. The first-order valence-corrected chi connectivity index (χ1v) is 22.6. The summed E-state index contributed by atoms with van der Waals surface area (Å²) in [5, 5.41) is 15.9. The molecule has 1 saturated heterocycles. The number of hydrogen-bond acceptors (Lipinski definition) is 3. The van der Waals surface area contributed by atoms with Crippen LogP contribution in [0.2, 0.25) is 0 Å². The van der Waals surface area contributed by atoms with Gasteiger partial charge in [0.25, 0.3) is 0 Å². The quantitative estimate of drug-likeness (QED) is 0.150. The normalized spacial score (nSPS) is 22.2. The Labute approximate surface area is 363 Å². The minimum atomic E-state index is -0.520. The molecular formula is C57H51N5. The predicted octanol–water partition coefficient (Wildman–Crippen LogP) is 13.4. The lowest BCUT2D eigenvalue weighted by Gasteiger charge is -2.47. The third kappa shape index (κ3) is 6.34. The maximum absolute atomic E-state index is 4.05. The van der Waals surface area contributed by atoms with E-state index in [1.807, 2.05) is 0 Å². The number of aromatic nitrogens is 2. The van der Waals surface area contributed by atoms with E-state index in [0.29, 0.717) is 0 Å². The van der Waals surface area contributed by atoms with E-state index in [-0.39, 0.29) is 12.5 Å². The second-order valence-electron chi connectivity index (χ2n) is 17.7. The molecule has 5 aliphatic rings. The Morgan fingerprint density at radius 2 is 1.31 bits per heavy atom. The average Bonchev–Trinajstić information content (AvgIpc) is 4.08. The number of nitrogens with zero attached hydrogens (tertiary/aromatic N) is 2. The average molecular weight is 806 g/mol. The highest BCUT2D eigenvalue weighted by molar-refractivity contribution is 6.10. The van der Waals surface area contributed by atoms with Gasteiger partial charge >= 0.3 is 0 Å². The Balaban J connectivity index is 1.03. The van der Waals surface area contributed by atoms with Crippen LogP contribution < -0.4 is 16.0 Å². The third-order valence-electron chi connectivity index (χ3n) is 13.9. The van der Waals surface area contributed by atoms with Gasteiger partial charge in [-0.15, -0.1) is 0 Å². The van der Waals surface area contributed by atoms with E-state index >= 15 is 0 Å². The fraction of sp³-hybridized carbons (Fsp3) is 0.193. The molecule has 0 spiro atoms. The molecule has 3 N–H and O–H groups in total. The molecule has 5 nitrogen and oxygen atoms in total. The summed E-state index contributed by atoms with van der Waals surface area (Å²) in [5.74, 6) is 0. The second kappa shape index (κ2) is 15.1. The van der Waals surface area contributed by atoms with Gasteiger partial charge in [-0.1, -0.05) is 127 Å². The van der Waals surface area contributed by atoms with Crippen molar-refractivity contribution in [1.82, 2.24) is 25.1 Å². The Hall–Kier alpha value is -6.50. The van der Waals surface area contributed by atoms with Crippen molar-refractivity contribution in [3.8, 4) is 11.1 Å². The van der Waals surface area contributed by atoms with Crippen LogP contribution in [0.5, 0.6) is 0 Å². The lowest BCUT2D eigenvalue weighted by atomic mass is 9.91. The van der Waals surface area contributed by atoms with Gasteiger partial charge in [0.05, 0.1) is 28.4 Å². The Morgan fingerprint density at radius 3 is 2.02 bits per heavy atom. The standard InChI is InChI=1S/C57H51N5/c1-57(45-22-10-4-11-23-45)59-55(40-20-8-3-9-21-40)58-56(60-57)62-53-32-27-42(38-16-6-2-7-17-38)35-49(53)50-37-44(29-33-54(50)62)43-28-31-52-48(36-43)47-34-41(39-18-14-15-19-39)26-30-51(47)61(52)46-24-12-5-13-25-46/h2-6,8-12,14,16,18-24,27-29,31-37,55-56,58-60H,7,13,15,17,25-26,30H2,1H3/t55?,56?,57-/m0/s1. The molecule has 2 unspecified atom stereocenters. The van der Waals surface area contributed by atoms with Gasteiger partial charge in [0, 0.05) is 33.1 Å². The number of allylic oxidation sites excluding steroid dienone is 13. The predicted molar refractivity (Wildman–Crippen MR) is 259 cm³/mol. The van der Waals surface area contributed by atoms with E-state index in [2.05, 4.69) is 208 Å². The molecule has 12 rings (SSSR count). The maximum Gasteiger partial charge on any atom is 0.142 e. The highest BCUT2D eigenvalue weighted by atomic mass is 15.5. The molecule has 0 saturated carbocycles. The minimum Gasteiger partial charge on any atom is -0.317 e. The first-order valence-electron chi connectivity index (χ1n) is 22.6. The molecule has 304 valence electrons. The Morgan fingerprint density at radius 1 is 0.613 bits per heavy atom. The van der Waals surface area contributed by atoms with Crippen LogP contribution in [0.3, 0.4) is 0 Å². The molecule has 5 heteroatoms. The smallest absolute Gasteiger partial charge is 0.142 e. The molecule has 2 aromatic heterocycles. The zero-order valence-electron chi connectivity index (χ0n) is 35.2. The number of benzene rings is 5. The van der Waals surface area contributed by atoms with E-state index < -0.39 is 5.66 Å². The molecule has 7 aromatic rings. The lowest BCUT2D eigenvalue weighted by Crippen LogP contribution is -2.65. The molecule has 1 aliphatic heterocycles. The number of nitrogens with one attached hydrogen (secondary N) is 3. The van der Waals surface area contributed by atoms with E-state index in [9.17, 15) is 0 Å². The van der Waals surface area contributed by atoms with Crippen LogP contribution in [-0.2, 0) is 12.1 Å². The van der Waals surface area contributed by atoms with Crippen molar-refractivity contribution >= 4 is 50.1 Å². The van der Waals surface area contributed by atoms with Crippen LogP contribution in [0.1, 0.15) is 85.9 Å². The van der Waals surface area contributed by atoms with Gasteiger partial charge in [-0.25, -0.2) is 0 Å². The van der Waals surface area contributed by atoms with Crippen molar-refractivity contribution in [2.45, 2.75) is 70.0 Å². The SMILES string of the molecule is C[C@]1(c2ccccc2)NC(c2ccccc2)NC(n2c3ccc(C4=CC=CCC4)cc3c3cc(-c4ccc5c(c4)c4c(n5C5=CC=CCC5)CCC(C5=CCC=C5)=C4)ccc32)N1. The summed E-state index contributed by atoms with van der Waals surface area (Å²) in [4.78, 5) is 0. The summed E-state index contributed by atoms with van der Waals surface area (Å²) in [6, 6.07) is 43.0. The minimum absolute atomic E-state index is 0.0983. The molecular weight excluding hydrogens is 755 g/mol. The van der Waals surface area contributed by atoms with Crippen LogP contribution in [0.4, 0.5) is 0 Å². The van der Waals surface area contributed by atoms with Crippen molar-refractivity contribution in [2.75, 3.05) is 0 Å². The van der Waals surface area contributed by atoms with Gasteiger partial charge in [0.2, 0.25) is 0 Å². The van der Waals surface area contributed by atoms with Gasteiger partial charge < -0.3 is 9.13 Å². The Kier molecular flexibility index (Phi) is 9.10. The molecule has 3 heterocycles. The maximum atomic E-state index is 4.05. The fourth-order valence-electron chi connectivity index (χ4n) is 10.8. The van der Waals surface area contributed by atoms with E-state index in [0.717, 1.165) is 44.9 Å². The van der Waals surface area contributed by atoms with E-state index in [1.54, 1.807) is 0 Å². The summed E-state index contributed by atoms with van der Waals surface area (Å²) < 4.78 is 5.08. The van der Waals surface area contributed by atoms with Crippen molar-refractivity contribution in [1.29, 1.82) is 0 Å². The van der Waals surface area contributed by atoms with Crippen molar-refractivity contribution < 1.29 is 0 Å². The first kappa shape index (κ1) is 37.3. The molecule has 1 fully saturated rings. The molecule has 0 bridgehead atoms. The van der Waals surface area contributed by atoms with E-state index in [4.69, 9.17) is 0 Å². The van der Waals surface area contributed by atoms with Crippen molar-refractivity contribution in [3.05, 3.63) is 209 Å². The van der Waals surface area contributed by atoms with Crippen LogP contribution in [0.25, 0.3) is 61.2 Å². The van der Waals surface area contributed by atoms with Crippen LogP contribution in [-0.4, -0.2) is 9.13 Å². The summed E-state index contributed by atoms with van der Waals surface area (Å²) in [6.07, 6.45) is 30.2. The van der Waals surface area contributed by atoms with Crippen LogP contribution in [0, 0.1) is 0 Å². The van der Waals surface area contributed by atoms with Crippen molar-refractivity contribution in [3.63, 3.8) is 0 Å². The topological polar surface area (TPSA) is 46.0 Å². The Bertz CT molecular complexity index is 3150. The number of fused-ring (bicyclic) bond motifs is 6. The largest absolute Gasteiger partial charge is 0.317 e. The van der Waals surface area contributed by atoms with E-state index in [1.165, 1.54) is 94.2 Å². The molecule has 5 aromatic carbocycles. The summed E-state index contributed by atoms with van der Waals surface area (Å²) in [7, 11) is 0. The lowest BCUT2D eigenvalue weighted by molar-refractivity contribution is 0.0912. The monoisotopic (exact) mass is 805 g/mol. The van der Waals surface area contributed by atoms with Crippen LogP contribution >= 0.6 is 0 Å². The molecule has 0 amide bonds. The summed E-state index contributed by atoms with van der Waals surface area (Å²) >= 11 is 0. The summed E-state index contributed by atoms with van der Waals surface area (Å²) in [6.45, 7) is 2.27.